The normalized spacial score (nSPS) is 10.8. The van der Waals surface area contributed by atoms with Crippen molar-refractivity contribution >= 4 is 19.8 Å². The Bertz CT molecular complexity index is 238. The lowest BCUT2D eigenvalue weighted by Gasteiger charge is -2.03. The Balaban J connectivity index is 0. The predicted octanol–water partition coefficient (Wildman–Crippen LogP) is 7.01. The summed E-state index contributed by atoms with van der Waals surface area (Å²) in [5.41, 5.74) is 0. The molecule has 0 saturated carbocycles. The fraction of sp³-hybridized carbons (Fsp3) is 0.826. The average molecular weight is 383 g/mol. The van der Waals surface area contributed by atoms with E-state index < -0.39 is 0 Å². The Kier molecular flexibility index (Phi) is 31.2. The molecule has 2 heteroatoms. The molecule has 0 aliphatic heterocycles. The molecular weight excluding hydrogens is 332 g/mol. The van der Waals surface area contributed by atoms with Crippen LogP contribution in [0, 0.1) is 0 Å². The van der Waals surface area contributed by atoms with Gasteiger partial charge in [0.25, 0.3) is 0 Å². The summed E-state index contributed by atoms with van der Waals surface area (Å²) in [6.07, 6.45) is 27.0. The molecule has 0 N–H and O–H groups in total. The van der Waals surface area contributed by atoms with Crippen LogP contribution >= 0.6 is 0 Å². The highest BCUT2D eigenvalue weighted by Gasteiger charge is 1.93. The molecule has 0 aromatic heterocycles. The lowest BCUT2D eigenvalue weighted by molar-refractivity contribution is 0.536. The Morgan fingerprint density at radius 2 is 0.960 bits per heavy atom. The molecule has 0 saturated heterocycles. The van der Waals surface area contributed by atoms with E-state index in [-0.39, 0.29) is 0 Å². The molecule has 0 aliphatic rings. The Morgan fingerprint density at radius 1 is 0.600 bits per heavy atom. The molecule has 0 fully saturated rings. The summed E-state index contributed by atoms with van der Waals surface area (Å²) in [5, 5.41) is 0. The van der Waals surface area contributed by atoms with Crippen molar-refractivity contribution in [3.8, 4) is 0 Å². The van der Waals surface area contributed by atoms with Crippen molar-refractivity contribution < 1.29 is 0 Å². The van der Waals surface area contributed by atoms with Crippen molar-refractivity contribution in [2.75, 3.05) is 0 Å². The van der Waals surface area contributed by atoms with Crippen LogP contribution in [0.5, 0.6) is 0 Å². The molecule has 0 heterocycles. The van der Waals surface area contributed by atoms with E-state index in [1.165, 1.54) is 125 Å². The van der Waals surface area contributed by atoms with Gasteiger partial charge in [0.2, 0.25) is 0 Å². The zero-order valence-electron chi connectivity index (χ0n) is 18.0. The van der Waals surface area contributed by atoms with Crippen LogP contribution in [-0.2, 0) is 0 Å². The monoisotopic (exact) mass is 382 g/mol. The van der Waals surface area contributed by atoms with Crippen LogP contribution in [0.2, 0.25) is 18.6 Å². The van der Waals surface area contributed by atoms with Crippen LogP contribution in [0.25, 0.3) is 0 Å². The molecule has 0 radical (unpaired) electrons. The van der Waals surface area contributed by atoms with Crippen molar-refractivity contribution in [2.45, 2.75) is 121 Å². The Morgan fingerprint density at radius 3 is 1.24 bits per heavy atom. The Labute approximate surface area is 166 Å². The SMILES string of the molecule is C=CCCCCCCCCCCCCCCCC[SiH3].C=CCC[SiH2]C. The van der Waals surface area contributed by atoms with Gasteiger partial charge in [0.05, 0.1) is 0 Å². The van der Waals surface area contributed by atoms with Crippen molar-refractivity contribution in [1.29, 1.82) is 0 Å². The van der Waals surface area contributed by atoms with E-state index in [9.17, 15) is 0 Å². The fourth-order valence-electron chi connectivity index (χ4n) is 3.01. The van der Waals surface area contributed by atoms with Gasteiger partial charge in [-0.2, -0.15) is 0 Å². The number of hydrogen-bond donors (Lipinski definition) is 0. The van der Waals surface area contributed by atoms with Crippen molar-refractivity contribution in [1.82, 2.24) is 0 Å². The summed E-state index contributed by atoms with van der Waals surface area (Å²) >= 11 is 0. The first kappa shape index (κ1) is 27.1. The Hall–Kier alpha value is -0.0862. The summed E-state index contributed by atoms with van der Waals surface area (Å²) in [4.78, 5) is 0. The predicted molar refractivity (Wildman–Crippen MR) is 128 cm³/mol. The summed E-state index contributed by atoms with van der Waals surface area (Å²) in [6.45, 7) is 9.71. The third-order valence-corrected chi connectivity index (χ3v) is 6.60. The van der Waals surface area contributed by atoms with Crippen LogP contribution in [0.4, 0.5) is 0 Å². The zero-order chi connectivity index (χ0) is 18.8. The maximum Gasteiger partial charge on any atom is 0.0170 e. The standard InChI is InChI=1S/C18H38Si.C5H12Si/c1-2-3-4-5-6-7-8-9-10-11-12-13-14-15-16-17-18-19;1-3-4-5-6-2/h2H,1,3-18H2,19H3;3H,1,4-6H2,2H3. The van der Waals surface area contributed by atoms with E-state index in [1.54, 1.807) is 0 Å². The number of unbranched alkanes of at least 4 members (excludes halogenated alkanes) is 14. The fourth-order valence-corrected chi connectivity index (χ4v) is 4.21. The maximum absolute atomic E-state index is 3.77. The van der Waals surface area contributed by atoms with Gasteiger partial charge in [0.15, 0.2) is 0 Å². The second kappa shape index (κ2) is 28.7. The van der Waals surface area contributed by atoms with Crippen molar-refractivity contribution in [3.63, 3.8) is 0 Å². The van der Waals surface area contributed by atoms with Crippen LogP contribution in [0.15, 0.2) is 25.3 Å². The molecular formula is C23H50Si2. The van der Waals surface area contributed by atoms with Crippen LogP contribution in [-0.4, -0.2) is 19.8 Å². The quantitative estimate of drug-likeness (QED) is 0.128. The van der Waals surface area contributed by atoms with E-state index in [0.29, 0.717) is 9.52 Å². The molecule has 0 aromatic rings. The topological polar surface area (TPSA) is 0 Å². The third-order valence-electron chi connectivity index (χ3n) is 4.77. The summed E-state index contributed by atoms with van der Waals surface area (Å²) in [7, 11) is 1.74. The minimum Gasteiger partial charge on any atom is -0.103 e. The molecule has 0 bridgehead atoms. The van der Waals surface area contributed by atoms with Gasteiger partial charge in [0, 0.05) is 19.8 Å². The highest BCUT2D eigenvalue weighted by Crippen LogP contribution is 2.13. The van der Waals surface area contributed by atoms with E-state index >= 15 is 0 Å². The second-order valence-electron chi connectivity index (χ2n) is 7.46. The molecule has 0 spiro atoms. The first-order chi connectivity index (χ1) is 12.3. The van der Waals surface area contributed by atoms with Gasteiger partial charge in [0.1, 0.15) is 0 Å². The minimum absolute atomic E-state index is 0.332. The van der Waals surface area contributed by atoms with Gasteiger partial charge in [-0.1, -0.05) is 114 Å². The molecule has 0 rings (SSSR count). The van der Waals surface area contributed by atoms with Gasteiger partial charge >= 0.3 is 0 Å². The van der Waals surface area contributed by atoms with Crippen LogP contribution < -0.4 is 0 Å². The van der Waals surface area contributed by atoms with Crippen molar-refractivity contribution in [2.24, 2.45) is 0 Å². The van der Waals surface area contributed by atoms with E-state index in [4.69, 9.17) is 0 Å². The number of rotatable bonds is 19. The van der Waals surface area contributed by atoms with Gasteiger partial charge in [-0.3, -0.25) is 0 Å². The summed E-state index contributed by atoms with van der Waals surface area (Å²) < 4.78 is 0. The van der Waals surface area contributed by atoms with Gasteiger partial charge in [-0.05, 0) is 19.3 Å². The molecule has 0 aromatic carbocycles. The highest BCUT2D eigenvalue weighted by molar-refractivity contribution is 6.33. The van der Waals surface area contributed by atoms with E-state index in [0.717, 1.165) is 0 Å². The molecule has 0 atom stereocenters. The molecule has 0 nitrogen and oxygen atoms in total. The van der Waals surface area contributed by atoms with Gasteiger partial charge in [-0.25, -0.2) is 0 Å². The number of hydrogen-bond acceptors (Lipinski definition) is 0. The lowest BCUT2D eigenvalue weighted by Crippen LogP contribution is -1.83. The molecule has 0 unspecified atom stereocenters. The highest BCUT2D eigenvalue weighted by atomic mass is 28.2. The summed E-state index contributed by atoms with van der Waals surface area (Å²) in [5.74, 6) is 0. The van der Waals surface area contributed by atoms with Gasteiger partial charge < -0.3 is 0 Å². The first-order valence-electron chi connectivity index (χ1n) is 11.5. The molecule has 0 amide bonds. The lowest BCUT2D eigenvalue weighted by atomic mass is 10.0. The zero-order valence-corrected chi connectivity index (χ0v) is 21.4. The first-order valence-corrected chi connectivity index (χ1v) is 15.4. The number of allylic oxidation sites excluding steroid dienone is 2. The van der Waals surface area contributed by atoms with E-state index in [1.807, 2.05) is 12.2 Å². The minimum atomic E-state index is 0.332. The smallest absolute Gasteiger partial charge is 0.0170 e. The molecule has 25 heavy (non-hydrogen) atoms. The average Bonchev–Trinajstić information content (AvgIpc) is 2.64. The van der Waals surface area contributed by atoms with Gasteiger partial charge in [-0.15, -0.1) is 13.2 Å². The summed E-state index contributed by atoms with van der Waals surface area (Å²) in [6, 6.07) is 2.94. The second-order valence-corrected chi connectivity index (χ2v) is 10.2. The van der Waals surface area contributed by atoms with Crippen molar-refractivity contribution in [3.05, 3.63) is 25.3 Å². The third kappa shape index (κ3) is 32.1. The van der Waals surface area contributed by atoms with E-state index in [2.05, 4.69) is 19.7 Å². The maximum atomic E-state index is 3.77. The largest absolute Gasteiger partial charge is 0.103 e. The molecule has 0 aliphatic carbocycles. The van der Waals surface area contributed by atoms with Crippen LogP contribution in [0.3, 0.4) is 0 Å². The molecule has 150 valence electrons. The van der Waals surface area contributed by atoms with Crippen LogP contribution in [0.1, 0.15) is 103 Å².